The monoisotopic (exact) mass is 382 g/mol. The molecule has 0 heterocycles. The van der Waals surface area contributed by atoms with Crippen molar-refractivity contribution in [1.29, 1.82) is 0 Å². The first kappa shape index (κ1) is 18.5. The van der Waals surface area contributed by atoms with Crippen molar-refractivity contribution >= 4 is 26.0 Å². The van der Waals surface area contributed by atoms with E-state index in [9.17, 15) is 12.8 Å². The van der Waals surface area contributed by atoms with Crippen molar-refractivity contribution in [3.63, 3.8) is 0 Å². The molecule has 0 fully saturated rings. The van der Waals surface area contributed by atoms with Crippen LogP contribution in [0.2, 0.25) is 0 Å². The molecule has 1 rings (SSSR count). The summed E-state index contributed by atoms with van der Waals surface area (Å²) in [5.74, 6) is -0.719. The Kier molecular flexibility index (Phi) is 7.22. The summed E-state index contributed by atoms with van der Waals surface area (Å²) in [5.41, 5.74) is 0.299. The summed E-state index contributed by atoms with van der Waals surface area (Å²) >= 11 is 3.23. The van der Waals surface area contributed by atoms with E-state index in [1.54, 1.807) is 20.0 Å². The fourth-order valence-electron chi connectivity index (χ4n) is 1.91. The number of hydrogen-bond acceptors (Lipinski definition) is 4. The van der Waals surface area contributed by atoms with Gasteiger partial charge in [0.2, 0.25) is 10.0 Å². The summed E-state index contributed by atoms with van der Waals surface area (Å²) in [6.07, 6.45) is 0. The van der Waals surface area contributed by atoms with Gasteiger partial charge in [0.15, 0.2) is 0 Å². The van der Waals surface area contributed by atoms with Crippen LogP contribution in [0.25, 0.3) is 0 Å². The number of likely N-dealkylation sites (N-methyl/N-ethyl adjacent to an activating group) is 1. The molecule has 0 amide bonds. The maximum atomic E-state index is 14.5. The van der Waals surface area contributed by atoms with Crippen molar-refractivity contribution in [2.45, 2.75) is 18.4 Å². The molecule has 0 aromatic heterocycles. The minimum absolute atomic E-state index is 0.183. The highest BCUT2D eigenvalue weighted by molar-refractivity contribution is 9.10. The van der Waals surface area contributed by atoms with Gasteiger partial charge < -0.3 is 10.1 Å². The minimum Gasteiger partial charge on any atom is -0.383 e. The molecule has 1 aromatic rings. The number of hydrogen-bond donors (Lipinski definition) is 1. The van der Waals surface area contributed by atoms with E-state index in [0.29, 0.717) is 10.0 Å². The zero-order valence-corrected chi connectivity index (χ0v) is 14.7. The zero-order chi connectivity index (χ0) is 16.0. The van der Waals surface area contributed by atoms with Crippen LogP contribution in [0.4, 0.5) is 4.39 Å². The molecule has 0 aliphatic carbocycles. The maximum absolute atomic E-state index is 14.5. The maximum Gasteiger partial charge on any atom is 0.246 e. The number of nitrogens with one attached hydrogen (secondary N) is 1. The number of nitrogens with zero attached hydrogens (tertiary/aromatic N) is 1. The number of benzene rings is 1. The Balaban J connectivity index is 3.29. The molecule has 0 saturated heterocycles. The predicted molar refractivity (Wildman–Crippen MR) is 83.2 cm³/mol. The fourth-order valence-corrected chi connectivity index (χ4v) is 4.13. The van der Waals surface area contributed by atoms with Crippen LogP contribution < -0.4 is 5.32 Å². The van der Waals surface area contributed by atoms with Gasteiger partial charge in [-0.3, -0.25) is 0 Å². The SMILES string of the molecule is CCN(CCOC)S(=O)(=O)c1cc(Br)cc(CNC)c1F. The Labute approximate surface area is 133 Å². The van der Waals surface area contributed by atoms with Crippen LogP contribution >= 0.6 is 15.9 Å². The highest BCUT2D eigenvalue weighted by Gasteiger charge is 2.28. The number of ether oxygens (including phenoxy) is 1. The highest BCUT2D eigenvalue weighted by atomic mass is 79.9. The molecule has 0 bridgehead atoms. The second-order valence-electron chi connectivity index (χ2n) is 4.40. The molecular formula is C13H20BrFN2O3S. The van der Waals surface area contributed by atoms with Crippen molar-refractivity contribution in [3.05, 3.63) is 28.0 Å². The molecule has 0 radical (unpaired) electrons. The summed E-state index contributed by atoms with van der Waals surface area (Å²) in [6.45, 7) is 2.64. The Bertz CT molecular complexity index is 581. The fraction of sp³-hybridized carbons (Fsp3) is 0.538. The Morgan fingerprint density at radius 1 is 1.43 bits per heavy atom. The topological polar surface area (TPSA) is 58.6 Å². The summed E-state index contributed by atoms with van der Waals surface area (Å²) in [5, 5.41) is 2.82. The molecule has 0 atom stereocenters. The molecule has 8 heteroatoms. The number of sulfonamides is 1. The van der Waals surface area contributed by atoms with Gasteiger partial charge in [-0.2, -0.15) is 4.31 Å². The van der Waals surface area contributed by atoms with Crippen LogP contribution in [0.1, 0.15) is 12.5 Å². The van der Waals surface area contributed by atoms with Crippen LogP contribution in [0.3, 0.4) is 0 Å². The highest BCUT2D eigenvalue weighted by Crippen LogP contribution is 2.26. The van der Waals surface area contributed by atoms with Crippen molar-refractivity contribution in [3.8, 4) is 0 Å². The van der Waals surface area contributed by atoms with Gasteiger partial charge in [-0.15, -0.1) is 0 Å². The summed E-state index contributed by atoms with van der Waals surface area (Å²) in [7, 11) is -0.733. The summed E-state index contributed by atoms with van der Waals surface area (Å²) in [6, 6.07) is 2.86. The molecular weight excluding hydrogens is 363 g/mol. The van der Waals surface area contributed by atoms with E-state index >= 15 is 0 Å². The average Bonchev–Trinajstić information content (AvgIpc) is 2.43. The van der Waals surface area contributed by atoms with Crippen LogP contribution in [-0.2, 0) is 21.3 Å². The second-order valence-corrected chi connectivity index (χ2v) is 7.22. The quantitative estimate of drug-likeness (QED) is 0.746. The molecule has 5 nitrogen and oxygen atoms in total. The van der Waals surface area contributed by atoms with Gasteiger partial charge in [-0.1, -0.05) is 22.9 Å². The first-order valence-electron chi connectivity index (χ1n) is 6.50. The standard InChI is InChI=1S/C13H20BrFN2O3S/c1-4-17(5-6-20-3)21(18,19)12-8-11(14)7-10(9-16-2)13(12)15/h7-8,16H,4-6,9H2,1-3H3. The smallest absolute Gasteiger partial charge is 0.246 e. The number of methoxy groups -OCH3 is 1. The van der Waals surface area contributed by atoms with Gasteiger partial charge in [0.25, 0.3) is 0 Å². The Hall–Kier alpha value is -0.540. The van der Waals surface area contributed by atoms with E-state index in [-0.39, 0.29) is 31.1 Å². The largest absolute Gasteiger partial charge is 0.383 e. The lowest BCUT2D eigenvalue weighted by molar-refractivity contribution is 0.180. The van der Waals surface area contributed by atoms with Crippen molar-refractivity contribution < 1.29 is 17.5 Å². The average molecular weight is 383 g/mol. The predicted octanol–water partition coefficient (Wildman–Crippen LogP) is 1.96. The third kappa shape index (κ3) is 4.46. The molecule has 1 N–H and O–H groups in total. The third-order valence-corrected chi connectivity index (χ3v) is 5.39. The lowest BCUT2D eigenvalue weighted by Crippen LogP contribution is -2.34. The normalized spacial score (nSPS) is 12.1. The first-order chi connectivity index (χ1) is 9.88. The molecule has 0 aliphatic heterocycles. The Morgan fingerprint density at radius 3 is 2.62 bits per heavy atom. The molecule has 0 unspecified atom stereocenters. The molecule has 21 heavy (non-hydrogen) atoms. The van der Waals surface area contributed by atoms with E-state index in [4.69, 9.17) is 4.74 Å². The van der Waals surface area contributed by atoms with Crippen LogP contribution in [0.15, 0.2) is 21.5 Å². The Morgan fingerprint density at radius 2 is 2.10 bits per heavy atom. The van der Waals surface area contributed by atoms with E-state index in [0.717, 1.165) is 0 Å². The zero-order valence-electron chi connectivity index (χ0n) is 12.3. The van der Waals surface area contributed by atoms with Gasteiger partial charge in [-0.25, -0.2) is 12.8 Å². The molecule has 1 aromatic carbocycles. The summed E-state index contributed by atoms with van der Waals surface area (Å²) in [4.78, 5) is -0.319. The molecule has 120 valence electrons. The van der Waals surface area contributed by atoms with Crippen LogP contribution in [0.5, 0.6) is 0 Å². The summed E-state index contributed by atoms with van der Waals surface area (Å²) < 4.78 is 46.3. The van der Waals surface area contributed by atoms with E-state index in [2.05, 4.69) is 21.2 Å². The van der Waals surface area contributed by atoms with E-state index < -0.39 is 15.8 Å². The van der Waals surface area contributed by atoms with Gasteiger partial charge >= 0.3 is 0 Å². The molecule has 0 spiro atoms. The van der Waals surface area contributed by atoms with Gasteiger partial charge in [0.1, 0.15) is 10.7 Å². The van der Waals surface area contributed by atoms with Crippen LogP contribution in [-0.4, -0.2) is 46.6 Å². The van der Waals surface area contributed by atoms with E-state index in [1.165, 1.54) is 17.5 Å². The lowest BCUT2D eigenvalue weighted by atomic mass is 10.2. The van der Waals surface area contributed by atoms with Gasteiger partial charge in [0.05, 0.1) is 6.61 Å². The van der Waals surface area contributed by atoms with Gasteiger partial charge in [-0.05, 0) is 19.2 Å². The van der Waals surface area contributed by atoms with E-state index in [1.807, 2.05) is 0 Å². The third-order valence-electron chi connectivity index (χ3n) is 2.96. The minimum atomic E-state index is -3.90. The van der Waals surface area contributed by atoms with Crippen molar-refractivity contribution in [2.24, 2.45) is 0 Å². The van der Waals surface area contributed by atoms with Crippen molar-refractivity contribution in [2.75, 3.05) is 33.9 Å². The van der Waals surface area contributed by atoms with Gasteiger partial charge in [0, 0.05) is 36.8 Å². The lowest BCUT2D eigenvalue weighted by Gasteiger charge is -2.21. The first-order valence-corrected chi connectivity index (χ1v) is 8.73. The number of halogens is 2. The van der Waals surface area contributed by atoms with Crippen molar-refractivity contribution in [1.82, 2.24) is 9.62 Å². The second kappa shape index (κ2) is 8.19. The molecule has 0 aliphatic rings. The van der Waals surface area contributed by atoms with Crippen LogP contribution in [0, 0.1) is 5.82 Å². The number of rotatable bonds is 8. The molecule has 0 saturated carbocycles.